The van der Waals surface area contributed by atoms with E-state index in [-0.39, 0.29) is 25.0 Å². The minimum atomic E-state index is -1.04. The quantitative estimate of drug-likeness (QED) is 0.350. The van der Waals surface area contributed by atoms with Crippen LogP contribution < -0.4 is 0 Å². The number of halogens is 1. The fourth-order valence-corrected chi connectivity index (χ4v) is 4.02. The highest BCUT2D eigenvalue weighted by molar-refractivity contribution is 6.28. The lowest BCUT2D eigenvalue weighted by molar-refractivity contribution is -0.172. The predicted octanol–water partition coefficient (Wildman–Crippen LogP) is 3.93. The Labute approximate surface area is 190 Å². The third kappa shape index (κ3) is 4.02. The number of benzene rings is 3. The molecule has 1 saturated heterocycles. The molecule has 0 aliphatic carbocycles. The van der Waals surface area contributed by atoms with Crippen LogP contribution in [0, 0.1) is 0 Å². The molecule has 32 heavy (non-hydrogen) atoms. The second-order valence-electron chi connectivity index (χ2n) is 7.42. The van der Waals surface area contributed by atoms with Crippen molar-refractivity contribution in [2.24, 2.45) is 0 Å². The third-order valence-corrected chi connectivity index (χ3v) is 6.06. The van der Waals surface area contributed by atoms with Gasteiger partial charge in [0.05, 0.1) is 12.2 Å². The Hall–Kier alpha value is -3.48. The van der Waals surface area contributed by atoms with Crippen molar-refractivity contribution in [3.63, 3.8) is 0 Å². The van der Waals surface area contributed by atoms with E-state index in [0.29, 0.717) is 10.6 Å². The average Bonchev–Trinajstić information content (AvgIpc) is 3.16. The molecule has 6 nitrogen and oxygen atoms in total. The highest BCUT2D eigenvalue weighted by Crippen LogP contribution is 2.43. The molecular weight excluding hydrogens is 430 g/mol. The molecule has 1 fully saturated rings. The van der Waals surface area contributed by atoms with Crippen LogP contribution in [0.4, 0.5) is 0 Å². The van der Waals surface area contributed by atoms with Crippen molar-refractivity contribution in [3.8, 4) is 0 Å². The number of alkyl halides is 1. The van der Waals surface area contributed by atoms with Gasteiger partial charge in [0, 0.05) is 12.8 Å². The van der Waals surface area contributed by atoms with E-state index in [9.17, 15) is 19.5 Å². The average molecular weight is 450 g/mol. The van der Waals surface area contributed by atoms with E-state index in [4.69, 9.17) is 16.4 Å². The summed E-state index contributed by atoms with van der Waals surface area (Å²) in [5.41, 5.74) is 3.30. The van der Waals surface area contributed by atoms with Gasteiger partial charge in [-0.3, -0.25) is 9.59 Å². The first-order valence-corrected chi connectivity index (χ1v) is 10.4. The van der Waals surface area contributed by atoms with Crippen molar-refractivity contribution in [1.82, 2.24) is 5.06 Å². The van der Waals surface area contributed by atoms with E-state index >= 15 is 0 Å². The molecule has 4 rings (SSSR count). The Morgan fingerprint density at radius 3 is 1.88 bits per heavy atom. The molecule has 1 aliphatic heterocycles. The molecule has 2 amide bonds. The normalized spacial score (nSPS) is 15.5. The van der Waals surface area contributed by atoms with Crippen molar-refractivity contribution in [2.45, 2.75) is 24.3 Å². The van der Waals surface area contributed by atoms with Gasteiger partial charge in [0.1, 0.15) is 4.87 Å². The van der Waals surface area contributed by atoms with Crippen LogP contribution >= 0.6 is 11.6 Å². The molecule has 1 unspecified atom stereocenters. The topological polar surface area (TPSA) is 83.9 Å². The fraction of sp³-hybridized carbons (Fsp3) is 0.160. The maximum Gasteiger partial charge on any atom is 0.363 e. The van der Waals surface area contributed by atoms with Gasteiger partial charge in [-0.05, 0) is 34.4 Å². The highest BCUT2D eigenvalue weighted by Gasteiger charge is 2.35. The van der Waals surface area contributed by atoms with Crippen molar-refractivity contribution < 1.29 is 24.3 Å². The third-order valence-electron chi connectivity index (χ3n) is 5.40. The van der Waals surface area contributed by atoms with Gasteiger partial charge >= 0.3 is 5.97 Å². The minimum Gasteiger partial charge on any atom is -0.392 e. The van der Waals surface area contributed by atoms with Gasteiger partial charge in [-0.15, -0.1) is 16.7 Å². The van der Waals surface area contributed by atoms with Gasteiger partial charge < -0.3 is 9.94 Å². The second kappa shape index (κ2) is 8.94. The molecular formula is C25H20ClNO5. The Morgan fingerprint density at radius 2 is 1.34 bits per heavy atom. The summed E-state index contributed by atoms with van der Waals surface area (Å²) in [6.45, 7) is -0.0697. The van der Waals surface area contributed by atoms with E-state index in [1.165, 1.54) is 0 Å². The van der Waals surface area contributed by atoms with Crippen LogP contribution in [-0.2, 0) is 25.9 Å². The fourth-order valence-electron chi connectivity index (χ4n) is 3.64. The first-order valence-electron chi connectivity index (χ1n) is 10.1. The van der Waals surface area contributed by atoms with E-state index in [1.54, 1.807) is 24.3 Å². The minimum absolute atomic E-state index is 0.0337. The van der Waals surface area contributed by atoms with E-state index in [1.807, 2.05) is 54.6 Å². The molecule has 0 spiro atoms. The summed E-state index contributed by atoms with van der Waals surface area (Å²) in [6, 6.07) is 23.4. The maximum atomic E-state index is 12.4. The number of carbonyl (C=O) groups is 3. The van der Waals surface area contributed by atoms with Gasteiger partial charge in [-0.25, -0.2) is 4.79 Å². The molecule has 0 radical (unpaired) electrons. The molecule has 0 bridgehead atoms. The van der Waals surface area contributed by atoms with Crippen molar-refractivity contribution in [2.75, 3.05) is 0 Å². The van der Waals surface area contributed by atoms with Gasteiger partial charge in [0.2, 0.25) is 0 Å². The SMILES string of the molecule is O=C(ON1C(=O)CCC1=O)c1ccc(C(Cl)(c2ccccc2)c2ccc(CO)cc2)cc1. The summed E-state index contributed by atoms with van der Waals surface area (Å²) in [5.74, 6) is -1.86. The molecule has 0 saturated carbocycles. The van der Waals surface area contributed by atoms with Crippen LogP contribution in [0.1, 0.15) is 45.5 Å². The molecule has 162 valence electrons. The number of aliphatic hydroxyl groups is 1. The second-order valence-corrected chi connectivity index (χ2v) is 7.98. The van der Waals surface area contributed by atoms with E-state index in [0.717, 1.165) is 16.7 Å². The molecule has 3 aromatic carbocycles. The van der Waals surface area contributed by atoms with Crippen LogP contribution in [0.5, 0.6) is 0 Å². The van der Waals surface area contributed by atoms with Crippen molar-refractivity contribution in [1.29, 1.82) is 0 Å². The largest absolute Gasteiger partial charge is 0.392 e. The van der Waals surface area contributed by atoms with Crippen LogP contribution in [0.15, 0.2) is 78.9 Å². The number of nitrogens with zero attached hydrogens (tertiary/aromatic N) is 1. The van der Waals surface area contributed by atoms with Gasteiger partial charge in [-0.2, -0.15) is 0 Å². The zero-order chi connectivity index (χ0) is 22.7. The Balaban J connectivity index is 1.67. The number of rotatable bonds is 6. The maximum absolute atomic E-state index is 12.4. The number of amides is 2. The summed E-state index contributed by atoms with van der Waals surface area (Å²) in [7, 11) is 0. The molecule has 1 atom stereocenters. The van der Waals surface area contributed by atoms with Gasteiger partial charge in [-0.1, -0.05) is 66.7 Å². The summed E-state index contributed by atoms with van der Waals surface area (Å²) in [5, 5.41) is 9.88. The smallest absolute Gasteiger partial charge is 0.363 e. The first kappa shape index (κ1) is 21.7. The summed E-state index contributed by atoms with van der Waals surface area (Å²) < 4.78 is 0. The number of carbonyl (C=O) groups excluding carboxylic acids is 3. The van der Waals surface area contributed by atoms with Crippen LogP contribution in [0.3, 0.4) is 0 Å². The van der Waals surface area contributed by atoms with Crippen molar-refractivity contribution in [3.05, 3.63) is 107 Å². The van der Waals surface area contributed by atoms with Crippen LogP contribution in [-0.4, -0.2) is 28.0 Å². The summed E-state index contributed by atoms with van der Waals surface area (Å²) >= 11 is 7.24. The lowest BCUT2D eigenvalue weighted by Gasteiger charge is -2.29. The molecule has 7 heteroatoms. The number of imide groups is 1. The van der Waals surface area contributed by atoms with Crippen LogP contribution in [0.25, 0.3) is 0 Å². The standard InChI is InChI=1S/C25H20ClNO5/c26-25(19-4-2-1-3-5-19,20-10-6-17(16-28)7-11-20)21-12-8-18(9-13-21)24(31)32-27-22(29)14-15-23(27)30/h1-13,28H,14-16H2. The Bertz CT molecular complexity index is 1130. The van der Waals surface area contributed by atoms with Crippen LogP contribution in [0.2, 0.25) is 0 Å². The zero-order valence-corrected chi connectivity index (χ0v) is 17.8. The molecule has 1 aliphatic rings. The number of hydroxylamine groups is 2. The predicted molar refractivity (Wildman–Crippen MR) is 117 cm³/mol. The number of hydrogen-bond acceptors (Lipinski definition) is 5. The van der Waals surface area contributed by atoms with E-state index in [2.05, 4.69) is 0 Å². The highest BCUT2D eigenvalue weighted by atomic mass is 35.5. The molecule has 3 aromatic rings. The van der Waals surface area contributed by atoms with Gasteiger partial charge in [0.25, 0.3) is 11.8 Å². The Morgan fingerprint density at radius 1 is 0.844 bits per heavy atom. The van der Waals surface area contributed by atoms with Crippen molar-refractivity contribution >= 4 is 29.4 Å². The number of hydrogen-bond donors (Lipinski definition) is 1. The van der Waals surface area contributed by atoms with E-state index < -0.39 is 22.7 Å². The molecule has 0 aromatic heterocycles. The summed E-state index contributed by atoms with van der Waals surface area (Å²) in [6.07, 6.45) is 0.0674. The lowest BCUT2D eigenvalue weighted by atomic mass is 9.83. The zero-order valence-electron chi connectivity index (χ0n) is 17.0. The Kier molecular flexibility index (Phi) is 6.08. The number of aliphatic hydroxyl groups excluding tert-OH is 1. The molecule has 1 N–H and O–H groups in total. The monoisotopic (exact) mass is 449 g/mol. The summed E-state index contributed by atoms with van der Waals surface area (Å²) in [4.78, 5) is 39.8. The first-order chi connectivity index (χ1) is 15.4. The van der Waals surface area contributed by atoms with Gasteiger partial charge in [0.15, 0.2) is 0 Å². The lowest BCUT2D eigenvalue weighted by Crippen LogP contribution is -2.32. The molecule has 1 heterocycles.